The van der Waals surface area contributed by atoms with E-state index in [-0.39, 0.29) is 12.5 Å². The molecule has 0 aliphatic carbocycles. The van der Waals surface area contributed by atoms with E-state index in [1.165, 1.54) is 0 Å². The Kier molecular flexibility index (Phi) is 5.27. The Bertz CT molecular complexity index is 923. The molecule has 0 spiro atoms. The number of aromatic amines is 1. The Hall–Kier alpha value is -2.90. The van der Waals surface area contributed by atoms with Gasteiger partial charge in [-0.3, -0.25) is 4.79 Å². The van der Waals surface area contributed by atoms with Crippen LogP contribution in [0.2, 0.25) is 5.02 Å². The summed E-state index contributed by atoms with van der Waals surface area (Å²) in [6.45, 7) is 0.796. The van der Waals surface area contributed by atoms with Gasteiger partial charge in [0.1, 0.15) is 18.1 Å². The second kappa shape index (κ2) is 7.78. The van der Waals surface area contributed by atoms with Crippen LogP contribution in [0.25, 0.3) is 10.9 Å². The summed E-state index contributed by atoms with van der Waals surface area (Å²) in [5.74, 6) is 3.03. The Labute approximate surface area is 151 Å². The molecule has 1 aromatic heterocycles. The molecule has 0 bridgehead atoms. The van der Waals surface area contributed by atoms with Gasteiger partial charge in [0, 0.05) is 22.5 Å². The molecule has 1 heterocycles. The third-order valence-corrected chi connectivity index (χ3v) is 4.01. The van der Waals surface area contributed by atoms with E-state index in [4.69, 9.17) is 22.8 Å². The molecular weight excluding hydrogens is 336 g/mol. The molecule has 3 rings (SSSR count). The Morgan fingerprint density at radius 2 is 2.00 bits per heavy atom. The maximum absolute atomic E-state index is 12.2. The number of nitrogens with one attached hydrogen (secondary N) is 2. The van der Waals surface area contributed by atoms with Crippen LogP contribution in [0.3, 0.4) is 0 Å². The molecule has 3 aromatic rings. The van der Waals surface area contributed by atoms with Crippen LogP contribution >= 0.6 is 11.6 Å². The van der Waals surface area contributed by atoms with E-state index in [1.54, 1.807) is 12.1 Å². The summed E-state index contributed by atoms with van der Waals surface area (Å²) < 4.78 is 5.33. The van der Waals surface area contributed by atoms with Gasteiger partial charge in [-0.2, -0.15) is 0 Å². The number of terminal acetylenes is 1. The first-order chi connectivity index (χ1) is 12.2. The average Bonchev–Trinajstić information content (AvgIpc) is 3.04. The van der Waals surface area contributed by atoms with Gasteiger partial charge in [0.25, 0.3) is 5.91 Å². The zero-order chi connectivity index (χ0) is 17.6. The molecule has 0 aliphatic heterocycles. The molecule has 4 nitrogen and oxygen atoms in total. The van der Waals surface area contributed by atoms with Crippen LogP contribution in [0.1, 0.15) is 16.1 Å². The van der Waals surface area contributed by atoms with E-state index >= 15 is 0 Å². The number of hydrogen-bond donors (Lipinski definition) is 2. The molecule has 0 aliphatic rings. The van der Waals surface area contributed by atoms with E-state index in [0.29, 0.717) is 17.3 Å². The second-order valence-electron chi connectivity index (χ2n) is 5.56. The minimum atomic E-state index is -0.138. The maximum atomic E-state index is 12.2. The van der Waals surface area contributed by atoms with E-state index in [0.717, 1.165) is 28.6 Å². The fourth-order valence-electron chi connectivity index (χ4n) is 2.51. The highest BCUT2D eigenvalue weighted by Gasteiger charge is 2.09. The lowest BCUT2D eigenvalue weighted by atomic mass is 10.1. The van der Waals surface area contributed by atoms with Crippen molar-refractivity contribution in [2.75, 3.05) is 13.2 Å². The highest BCUT2D eigenvalue weighted by molar-refractivity contribution is 6.31. The van der Waals surface area contributed by atoms with Crippen LogP contribution in [0, 0.1) is 12.3 Å². The van der Waals surface area contributed by atoms with Crippen molar-refractivity contribution >= 4 is 28.4 Å². The summed E-state index contributed by atoms with van der Waals surface area (Å²) in [7, 11) is 0. The summed E-state index contributed by atoms with van der Waals surface area (Å²) in [6, 6.07) is 15.0. The van der Waals surface area contributed by atoms with Gasteiger partial charge >= 0.3 is 0 Å². The van der Waals surface area contributed by atoms with Crippen molar-refractivity contribution in [1.29, 1.82) is 0 Å². The van der Waals surface area contributed by atoms with Gasteiger partial charge in [0.15, 0.2) is 0 Å². The van der Waals surface area contributed by atoms with Gasteiger partial charge in [-0.25, -0.2) is 0 Å². The largest absolute Gasteiger partial charge is 0.481 e. The minimum absolute atomic E-state index is 0.138. The van der Waals surface area contributed by atoms with Crippen molar-refractivity contribution in [1.82, 2.24) is 10.3 Å². The number of carbonyl (C=O) groups is 1. The lowest BCUT2D eigenvalue weighted by Gasteiger charge is -2.06. The molecular formula is C20H17ClN2O2. The molecule has 0 fully saturated rings. The molecule has 5 heteroatoms. The second-order valence-corrected chi connectivity index (χ2v) is 5.99. The molecule has 0 atom stereocenters. The van der Waals surface area contributed by atoms with Gasteiger partial charge in [0.2, 0.25) is 0 Å². The van der Waals surface area contributed by atoms with Crippen LogP contribution in [-0.4, -0.2) is 24.0 Å². The molecule has 0 unspecified atom stereocenters. The predicted molar refractivity (Wildman–Crippen MR) is 100 cm³/mol. The molecule has 0 saturated carbocycles. The summed E-state index contributed by atoms with van der Waals surface area (Å²) in [6.07, 6.45) is 5.89. The third-order valence-electron chi connectivity index (χ3n) is 3.77. The maximum Gasteiger partial charge on any atom is 0.267 e. The van der Waals surface area contributed by atoms with Crippen molar-refractivity contribution in [3.05, 3.63) is 64.8 Å². The summed E-state index contributed by atoms with van der Waals surface area (Å²) in [4.78, 5) is 15.3. The van der Waals surface area contributed by atoms with Crippen LogP contribution in [0.4, 0.5) is 0 Å². The SMILES string of the molecule is C#CCOc1ccc(CCNC(=O)c2cc3ccc(Cl)cc3[nH]2)cc1. The molecule has 25 heavy (non-hydrogen) atoms. The minimum Gasteiger partial charge on any atom is -0.481 e. The summed E-state index contributed by atoms with van der Waals surface area (Å²) in [5, 5.41) is 4.50. The van der Waals surface area contributed by atoms with E-state index in [2.05, 4.69) is 16.2 Å². The van der Waals surface area contributed by atoms with E-state index < -0.39 is 0 Å². The smallest absolute Gasteiger partial charge is 0.267 e. The first-order valence-electron chi connectivity index (χ1n) is 7.87. The molecule has 0 radical (unpaired) electrons. The van der Waals surface area contributed by atoms with Crippen molar-refractivity contribution in [2.24, 2.45) is 0 Å². The summed E-state index contributed by atoms with van der Waals surface area (Å²) in [5.41, 5.74) is 2.48. The van der Waals surface area contributed by atoms with Crippen LogP contribution in [-0.2, 0) is 6.42 Å². The first-order valence-corrected chi connectivity index (χ1v) is 8.25. The van der Waals surface area contributed by atoms with Gasteiger partial charge in [-0.1, -0.05) is 35.7 Å². The number of amides is 1. The topological polar surface area (TPSA) is 54.1 Å². The average molecular weight is 353 g/mol. The fourth-order valence-corrected chi connectivity index (χ4v) is 2.69. The standard InChI is InChI=1S/C20H17ClN2O2/c1-2-11-25-17-7-3-14(4-8-17)9-10-22-20(24)19-12-15-5-6-16(21)13-18(15)23-19/h1,3-8,12-13,23H,9-11H2,(H,22,24). The molecule has 2 N–H and O–H groups in total. The number of fused-ring (bicyclic) bond motifs is 1. The molecule has 0 saturated heterocycles. The van der Waals surface area contributed by atoms with Crippen molar-refractivity contribution in [2.45, 2.75) is 6.42 Å². The predicted octanol–water partition coefficient (Wildman–Crippen LogP) is 3.81. The molecule has 126 valence electrons. The number of carbonyl (C=O) groups excluding carboxylic acids is 1. The monoisotopic (exact) mass is 352 g/mol. The number of halogens is 1. The number of aromatic nitrogens is 1. The van der Waals surface area contributed by atoms with Crippen molar-refractivity contribution in [3.63, 3.8) is 0 Å². The Morgan fingerprint density at radius 1 is 1.20 bits per heavy atom. The quantitative estimate of drug-likeness (QED) is 0.663. The first kappa shape index (κ1) is 16.9. The number of ether oxygens (including phenoxy) is 1. The number of rotatable bonds is 6. The lowest BCUT2D eigenvalue weighted by molar-refractivity contribution is 0.0950. The van der Waals surface area contributed by atoms with Crippen molar-refractivity contribution < 1.29 is 9.53 Å². The highest BCUT2D eigenvalue weighted by atomic mass is 35.5. The van der Waals surface area contributed by atoms with E-state index in [9.17, 15) is 4.79 Å². The number of benzene rings is 2. The van der Waals surface area contributed by atoms with Crippen molar-refractivity contribution in [3.8, 4) is 18.1 Å². The van der Waals surface area contributed by atoms with E-state index in [1.807, 2.05) is 36.4 Å². The highest BCUT2D eigenvalue weighted by Crippen LogP contribution is 2.20. The number of H-pyrrole nitrogens is 1. The van der Waals surface area contributed by atoms with Crippen LogP contribution < -0.4 is 10.1 Å². The van der Waals surface area contributed by atoms with Gasteiger partial charge in [-0.05, 0) is 42.3 Å². The molecule has 2 aromatic carbocycles. The zero-order valence-corrected chi connectivity index (χ0v) is 14.3. The van der Waals surface area contributed by atoms with Gasteiger partial charge < -0.3 is 15.0 Å². The molecule has 1 amide bonds. The zero-order valence-electron chi connectivity index (χ0n) is 13.5. The summed E-state index contributed by atoms with van der Waals surface area (Å²) >= 11 is 5.96. The van der Waals surface area contributed by atoms with Crippen LogP contribution in [0.5, 0.6) is 5.75 Å². The lowest BCUT2D eigenvalue weighted by Crippen LogP contribution is -2.25. The number of hydrogen-bond acceptors (Lipinski definition) is 2. The normalized spacial score (nSPS) is 10.4. The van der Waals surface area contributed by atoms with Gasteiger partial charge in [0.05, 0.1) is 0 Å². The third kappa shape index (κ3) is 4.34. The Morgan fingerprint density at radius 3 is 2.76 bits per heavy atom. The van der Waals surface area contributed by atoms with Crippen LogP contribution in [0.15, 0.2) is 48.5 Å². The Balaban J connectivity index is 1.54. The fraction of sp³-hybridized carbons (Fsp3) is 0.150. The van der Waals surface area contributed by atoms with Gasteiger partial charge in [-0.15, -0.1) is 6.42 Å².